The minimum absolute atomic E-state index is 0.419. The number of hydrogen-bond donors (Lipinski definition) is 0. The number of carbonyl (C=O) groups excluding carboxylic acids is 3. The van der Waals surface area contributed by atoms with E-state index in [0.717, 1.165) is 41.0 Å². The second-order valence-electron chi connectivity index (χ2n) is 5.53. The number of ketones is 1. The van der Waals surface area contributed by atoms with Crippen molar-refractivity contribution in [1.82, 2.24) is 0 Å². The zero-order valence-electron chi connectivity index (χ0n) is 11.8. The fraction of sp³-hybridized carbons (Fsp3) is 0.235. The Kier molecular flexibility index (Phi) is 2.97. The van der Waals surface area contributed by atoms with Crippen molar-refractivity contribution >= 4 is 33.9 Å². The summed E-state index contributed by atoms with van der Waals surface area (Å²) in [5.41, 5.74) is 1.89. The fourth-order valence-corrected chi connectivity index (χ4v) is 4.52. The molecule has 1 aromatic carbocycles. The molecule has 5 heteroatoms. The van der Waals surface area contributed by atoms with Crippen molar-refractivity contribution in [3.05, 3.63) is 51.9 Å². The Balaban J connectivity index is 1.83. The molecule has 2 aliphatic rings. The molecule has 110 valence electrons. The largest absolute Gasteiger partial charge is 0.307 e. The van der Waals surface area contributed by atoms with E-state index in [1.807, 2.05) is 6.07 Å². The van der Waals surface area contributed by atoms with Crippen LogP contribution in [-0.2, 0) is 17.6 Å². The summed E-state index contributed by atoms with van der Waals surface area (Å²) in [6.07, 6.45) is 3.89. The van der Waals surface area contributed by atoms with E-state index >= 15 is 0 Å². The van der Waals surface area contributed by atoms with Crippen LogP contribution in [0.15, 0.2) is 30.3 Å². The minimum Gasteiger partial charge on any atom is -0.283 e. The van der Waals surface area contributed by atoms with Crippen LogP contribution >= 0.6 is 11.3 Å². The van der Waals surface area contributed by atoms with Crippen molar-refractivity contribution in [2.24, 2.45) is 0 Å². The lowest BCUT2D eigenvalue weighted by molar-refractivity contribution is -0.113. The van der Waals surface area contributed by atoms with Gasteiger partial charge in [-0.25, -0.2) is 4.90 Å². The number of Topliss-reactive ketones (excluding diaryl/α,β-unsaturated/α-hetero) is 1. The van der Waals surface area contributed by atoms with Crippen molar-refractivity contribution in [3.63, 3.8) is 0 Å². The van der Waals surface area contributed by atoms with E-state index in [-0.39, 0.29) is 0 Å². The first-order valence-electron chi connectivity index (χ1n) is 7.31. The summed E-state index contributed by atoms with van der Waals surface area (Å²) in [5.74, 6) is -1.67. The highest BCUT2D eigenvalue weighted by Gasteiger charge is 2.44. The van der Waals surface area contributed by atoms with Gasteiger partial charge < -0.3 is 0 Å². The highest BCUT2D eigenvalue weighted by Crippen LogP contribution is 2.44. The molecule has 0 saturated heterocycles. The molecule has 1 aromatic heterocycles. The molecular formula is C17H13NO3S. The molecule has 2 aromatic rings. The molecule has 1 aliphatic heterocycles. The van der Waals surface area contributed by atoms with E-state index in [2.05, 4.69) is 0 Å². The Bertz CT molecular complexity index is 807. The lowest BCUT2D eigenvalue weighted by Crippen LogP contribution is -2.35. The number of anilines is 1. The summed E-state index contributed by atoms with van der Waals surface area (Å²) in [5, 5.41) is 0.524. The maximum absolute atomic E-state index is 12.6. The maximum Gasteiger partial charge on any atom is 0.307 e. The van der Waals surface area contributed by atoms with Crippen LogP contribution in [-0.4, -0.2) is 17.6 Å². The van der Waals surface area contributed by atoms with Gasteiger partial charge in [0, 0.05) is 10.4 Å². The van der Waals surface area contributed by atoms with Gasteiger partial charge in [-0.15, -0.1) is 11.3 Å². The molecule has 0 atom stereocenters. The first kappa shape index (κ1) is 13.4. The quantitative estimate of drug-likeness (QED) is 0.601. The van der Waals surface area contributed by atoms with Crippen molar-refractivity contribution in [2.45, 2.75) is 25.7 Å². The van der Waals surface area contributed by atoms with Crippen LogP contribution in [0.25, 0.3) is 0 Å². The number of carbonyl (C=O) groups is 3. The Labute approximate surface area is 131 Å². The molecule has 0 bridgehead atoms. The Morgan fingerprint density at radius 2 is 1.77 bits per heavy atom. The van der Waals surface area contributed by atoms with Gasteiger partial charge in [0.15, 0.2) is 0 Å². The molecule has 0 radical (unpaired) electrons. The Hall–Kier alpha value is -2.27. The summed E-state index contributed by atoms with van der Waals surface area (Å²) in [6, 6.07) is 8.62. The molecule has 4 rings (SSSR count). The van der Waals surface area contributed by atoms with Crippen molar-refractivity contribution in [3.8, 4) is 0 Å². The molecule has 0 unspecified atom stereocenters. The number of benzene rings is 1. The summed E-state index contributed by atoms with van der Waals surface area (Å²) in [4.78, 5) is 39.5. The van der Waals surface area contributed by atoms with Crippen LogP contribution in [0.3, 0.4) is 0 Å². The van der Waals surface area contributed by atoms with E-state index in [1.165, 1.54) is 11.3 Å². The smallest absolute Gasteiger partial charge is 0.283 e. The van der Waals surface area contributed by atoms with Gasteiger partial charge in [0.2, 0.25) is 0 Å². The third-order valence-corrected chi connectivity index (χ3v) is 5.48. The normalized spacial score (nSPS) is 16.6. The zero-order chi connectivity index (χ0) is 15.3. The summed E-state index contributed by atoms with van der Waals surface area (Å²) >= 11 is 1.43. The number of thiophene rings is 1. The van der Waals surface area contributed by atoms with E-state index in [1.54, 1.807) is 24.3 Å². The minimum atomic E-state index is -0.719. The number of amides is 2. The number of hydrogen-bond acceptors (Lipinski definition) is 4. The third kappa shape index (κ3) is 1.78. The predicted molar refractivity (Wildman–Crippen MR) is 83.6 cm³/mol. The summed E-state index contributed by atoms with van der Waals surface area (Å²) < 4.78 is 0. The number of imide groups is 1. The average molecular weight is 311 g/mol. The van der Waals surface area contributed by atoms with Crippen LogP contribution in [0.2, 0.25) is 0 Å². The molecule has 4 nitrogen and oxygen atoms in total. The predicted octanol–water partition coefficient (Wildman–Crippen LogP) is 3.00. The third-order valence-electron chi connectivity index (χ3n) is 4.20. The van der Waals surface area contributed by atoms with Crippen molar-refractivity contribution in [1.29, 1.82) is 0 Å². The second-order valence-corrected chi connectivity index (χ2v) is 6.62. The Morgan fingerprint density at radius 1 is 1.05 bits per heavy atom. The maximum atomic E-state index is 12.6. The van der Waals surface area contributed by atoms with Crippen LogP contribution in [0, 0.1) is 0 Å². The molecule has 22 heavy (non-hydrogen) atoms. The zero-order valence-corrected chi connectivity index (χ0v) is 12.6. The number of rotatable bonds is 1. The molecule has 1 aliphatic carbocycles. The monoisotopic (exact) mass is 311 g/mol. The van der Waals surface area contributed by atoms with Gasteiger partial charge >= 0.3 is 5.91 Å². The van der Waals surface area contributed by atoms with E-state index in [9.17, 15) is 14.4 Å². The number of fused-ring (bicyclic) bond motifs is 3. The lowest BCUT2D eigenvalue weighted by Gasteiger charge is -2.13. The van der Waals surface area contributed by atoms with E-state index in [0.29, 0.717) is 16.1 Å². The van der Waals surface area contributed by atoms with Crippen molar-refractivity contribution in [2.75, 3.05) is 4.90 Å². The van der Waals surface area contributed by atoms with Gasteiger partial charge in [0.25, 0.3) is 11.7 Å². The van der Waals surface area contributed by atoms with Crippen LogP contribution in [0.1, 0.15) is 44.0 Å². The van der Waals surface area contributed by atoms with Crippen LogP contribution in [0.4, 0.5) is 5.00 Å². The van der Waals surface area contributed by atoms with Gasteiger partial charge in [0.05, 0.1) is 5.56 Å². The van der Waals surface area contributed by atoms with E-state index < -0.39 is 17.6 Å². The molecule has 0 saturated carbocycles. The van der Waals surface area contributed by atoms with E-state index in [4.69, 9.17) is 0 Å². The fourth-order valence-electron chi connectivity index (χ4n) is 3.14. The first-order valence-corrected chi connectivity index (χ1v) is 8.13. The molecule has 0 N–H and O–H groups in total. The molecule has 0 fully saturated rings. The standard InChI is InChI=1S/C17H13NO3S/c19-14-13-11-8-4-5-9-12(11)22-17(13)18(16(14)21)15(20)10-6-2-1-3-7-10/h1-3,6-7H,4-5,8-9H2. The number of nitrogens with zero attached hydrogens (tertiary/aromatic N) is 1. The second kappa shape index (κ2) is 4.88. The molecule has 2 heterocycles. The Morgan fingerprint density at radius 3 is 2.55 bits per heavy atom. The highest BCUT2D eigenvalue weighted by atomic mass is 32.1. The molecule has 0 spiro atoms. The van der Waals surface area contributed by atoms with Gasteiger partial charge in [-0.2, -0.15) is 0 Å². The number of aryl methyl sites for hydroxylation is 1. The lowest BCUT2D eigenvalue weighted by atomic mass is 9.95. The first-order chi connectivity index (χ1) is 10.7. The van der Waals surface area contributed by atoms with Gasteiger partial charge in [-0.05, 0) is 43.4 Å². The highest BCUT2D eigenvalue weighted by molar-refractivity contribution is 7.18. The molecule has 2 amide bonds. The van der Waals surface area contributed by atoms with Crippen LogP contribution < -0.4 is 4.90 Å². The summed E-state index contributed by atoms with van der Waals surface area (Å²) in [6.45, 7) is 0. The van der Waals surface area contributed by atoms with Crippen molar-refractivity contribution < 1.29 is 14.4 Å². The van der Waals surface area contributed by atoms with Crippen LogP contribution in [0.5, 0.6) is 0 Å². The van der Waals surface area contributed by atoms with Gasteiger partial charge in [-0.3, -0.25) is 14.4 Å². The average Bonchev–Trinajstić information content (AvgIpc) is 3.04. The summed E-state index contributed by atoms with van der Waals surface area (Å²) in [7, 11) is 0. The topological polar surface area (TPSA) is 54.5 Å². The molecular weight excluding hydrogens is 298 g/mol. The van der Waals surface area contributed by atoms with Gasteiger partial charge in [-0.1, -0.05) is 18.2 Å². The van der Waals surface area contributed by atoms with Gasteiger partial charge in [0.1, 0.15) is 5.00 Å². The SMILES string of the molecule is O=C1C(=O)N(C(=O)c2ccccc2)c2sc3c(c21)CCCC3.